The first-order chi connectivity index (χ1) is 9.40. The second-order valence-corrected chi connectivity index (χ2v) is 6.45. The van der Waals surface area contributed by atoms with Gasteiger partial charge in [-0.2, -0.15) is 5.21 Å². The standard InChI is InChI=1S/C9H10BClN4O4S/c11-7-5-6(9-12-14-15-13-9)1-2-8(7)20(18,19)4-3-10(16)17/h1-2,5,16-17H,3-4H2,(H,12,13,14,15). The van der Waals surface area contributed by atoms with Crippen LogP contribution in [0.3, 0.4) is 0 Å². The van der Waals surface area contributed by atoms with Gasteiger partial charge in [0.1, 0.15) is 0 Å². The Balaban J connectivity index is 2.30. The largest absolute Gasteiger partial charge is 0.452 e. The molecule has 0 saturated carbocycles. The van der Waals surface area contributed by atoms with Gasteiger partial charge in [0.25, 0.3) is 0 Å². The van der Waals surface area contributed by atoms with Gasteiger partial charge in [0.05, 0.1) is 15.7 Å². The van der Waals surface area contributed by atoms with Gasteiger partial charge in [-0.1, -0.05) is 11.6 Å². The van der Waals surface area contributed by atoms with Crippen LogP contribution >= 0.6 is 11.6 Å². The Morgan fingerprint density at radius 3 is 2.65 bits per heavy atom. The summed E-state index contributed by atoms with van der Waals surface area (Å²) in [5, 5.41) is 30.7. The van der Waals surface area contributed by atoms with Crippen molar-refractivity contribution < 1.29 is 18.5 Å². The minimum absolute atomic E-state index is 0.0136. The SMILES string of the molecule is O=S(=O)(CCB(O)O)c1ccc(-c2nn[nH]n2)cc1Cl. The molecule has 106 valence electrons. The van der Waals surface area contributed by atoms with Gasteiger partial charge in [-0.25, -0.2) is 8.42 Å². The summed E-state index contributed by atoms with van der Waals surface area (Å²) in [7, 11) is -5.37. The highest BCUT2D eigenvalue weighted by Crippen LogP contribution is 2.27. The third-order valence-corrected chi connectivity index (χ3v) is 4.74. The molecular weight excluding hydrogens is 306 g/mol. The van der Waals surface area contributed by atoms with Crippen molar-refractivity contribution in [2.45, 2.75) is 11.2 Å². The zero-order chi connectivity index (χ0) is 14.8. The average molecular weight is 317 g/mol. The fourth-order valence-corrected chi connectivity index (χ4v) is 3.45. The van der Waals surface area contributed by atoms with E-state index >= 15 is 0 Å². The van der Waals surface area contributed by atoms with Gasteiger partial charge in [-0.05, 0) is 29.7 Å². The minimum atomic E-state index is -3.69. The molecule has 11 heteroatoms. The lowest BCUT2D eigenvalue weighted by Crippen LogP contribution is -2.17. The molecule has 0 aliphatic rings. The summed E-state index contributed by atoms with van der Waals surface area (Å²) in [4.78, 5) is -0.0768. The fourth-order valence-electron chi connectivity index (χ4n) is 1.55. The second kappa shape index (κ2) is 5.88. The molecule has 2 rings (SSSR count). The fraction of sp³-hybridized carbons (Fsp3) is 0.222. The molecule has 0 fully saturated rings. The average Bonchev–Trinajstić information content (AvgIpc) is 2.90. The van der Waals surface area contributed by atoms with Crippen LogP contribution in [-0.2, 0) is 9.84 Å². The first-order valence-electron chi connectivity index (χ1n) is 5.52. The van der Waals surface area contributed by atoms with Crippen LogP contribution in [0.25, 0.3) is 11.4 Å². The normalized spacial score (nSPS) is 11.6. The summed E-state index contributed by atoms with van der Waals surface area (Å²) < 4.78 is 24.0. The molecule has 0 bridgehead atoms. The van der Waals surface area contributed by atoms with Gasteiger partial charge < -0.3 is 10.0 Å². The minimum Gasteiger partial charge on any atom is -0.427 e. The maximum atomic E-state index is 12.0. The Hall–Kier alpha value is -1.49. The van der Waals surface area contributed by atoms with E-state index in [-0.39, 0.29) is 16.2 Å². The number of nitrogens with zero attached hydrogens (tertiary/aromatic N) is 3. The highest BCUT2D eigenvalue weighted by atomic mass is 35.5. The van der Waals surface area contributed by atoms with Crippen molar-refractivity contribution in [3.05, 3.63) is 23.2 Å². The van der Waals surface area contributed by atoms with E-state index in [0.717, 1.165) is 0 Å². The van der Waals surface area contributed by atoms with Gasteiger partial charge in [-0.15, -0.1) is 10.2 Å². The van der Waals surface area contributed by atoms with E-state index < -0.39 is 22.7 Å². The van der Waals surface area contributed by atoms with Crippen molar-refractivity contribution in [1.29, 1.82) is 0 Å². The summed E-state index contributed by atoms with van der Waals surface area (Å²) in [6.45, 7) is 0. The summed E-state index contributed by atoms with van der Waals surface area (Å²) in [5.74, 6) is -0.118. The number of aromatic amines is 1. The van der Waals surface area contributed by atoms with E-state index in [4.69, 9.17) is 21.6 Å². The summed E-state index contributed by atoms with van der Waals surface area (Å²) in [5.41, 5.74) is 0.518. The topological polar surface area (TPSA) is 129 Å². The van der Waals surface area contributed by atoms with Crippen LogP contribution in [0.5, 0.6) is 0 Å². The zero-order valence-electron chi connectivity index (χ0n) is 10.1. The number of H-pyrrole nitrogens is 1. The zero-order valence-corrected chi connectivity index (χ0v) is 11.6. The Morgan fingerprint density at radius 2 is 2.10 bits per heavy atom. The number of halogens is 1. The Labute approximate surface area is 119 Å². The first-order valence-corrected chi connectivity index (χ1v) is 7.55. The lowest BCUT2D eigenvalue weighted by Gasteiger charge is -2.07. The monoisotopic (exact) mass is 316 g/mol. The van der Waals surface area contributed by atoms with Crippen LogP contribution in [0.1, 0.15) is 0 Å². The predicted octanol–water partition coefficient (Wildman–Crippen LogP) is -0.233. The molecule has 1 aromatic carbocycles. The summed E-state index contributed by atoms with van der Waals surface area (Å²) in [6.07, 6.45) is -0.286. The maximum Gasteiger partial charge on any atom is 0.452 e. The van der Waals surface area contributed by atoms with Gasteiger partial charge in [0, 0.05) is 5.56 Å². The number of tetrazole rings is 1. The van der Waals surface area contributed by atoms with Gasteiger partial charge in [0.2, 0.25) is 5.82 Å². The molecule has 0 unspecified atom stereocenters. The van der Waals surface area contributed by atoms with Gasteiger partial charge in [-0.3, -0.25) is 0 Å². The van der Waals surface area contributed by atoms with E-state index in [2.05, 4.69) is 20.6 Å². The highest BCUT2D eigenvalue weighted by molar-refractivity contribution is 7.91. The van der Waals surface area contributed by atoms with Gasteiger partial charge in [0.15, 0.2) is 9.84 Å². The Bertz CT molecular complexity index is 692. The lowest BCUT2D eigenvalue weighted by molar-refractivity contribution is 0.408. The van der Waals surface area contributed by atoms with Crippen molar-refractivity contribution in [2.24, 2.45) is 0 Å². The molecule has 0 radical (unpaired) electrons. The molecule has 0 amide bonds. The first kappa shape index (κ1) is 14.9. The molecule has 0 saturated heterocycles. The molecule has 0 atom stereocenters. The number of nitrogens with one attached hydrogen (secondary N) is 1. The number of benzene rings is 1. The Morgan fingerprint density at radius 1 is 1.35 bits per heavy atom. The van der Waals surface area contributed by atoms with Crippen LogP contribution in [-0.4, -0.2) is 52.0 Å². The van der Waals surface area contributed by atoms with Crippen LogP contribution in [0.2, 0.25) is 11.3 Å². The molecule has 20 heavy (non-hydrogen) atoms. The number of sulfone groups is 1. The van der Waals surface area contributed by atoms with E-state index in [0.29, 0.717) is 11.4 Å². The van der Waals surface area contributed by atoms with Crippen molar-refractivity contribution in [3.8, 4) is 11.4 Å². The van der Waals surface area contributed by atoms with Crippen LogP contribution in [0.4, 0.5) is 0 Å². The number of rotatable bonds is 5. The quantitative estimate of drug-likeness (QED) is 0.649. The second-order valence-electron chi connectivity index (χ2n) is 3.97. The lowest BCUT2D eigenvalue weighted by atomic mass is 9.88. The van der Waals surface area contributed by atoms with E-state index in [9.17, 15) is 8.42 Å². The van der Waals surface area contributed by atoms with Gasteiger partial charge >= 0.3 is 7.12 Å². The molecule has 0 aliphatic heterocycles. The molecule has 3 N–H and O–H groups in total. The van der Waals surface area contributed by atoms with Crippen molar-refractivity contribution in [1.82, 2.24) is 20.6 Å². The number of hydrogen-bond acceptors (Lipinski definition) is 7. The smallest absolute Gasteiger partial charge is 0.427 e. The maximum absolute atomic E-state index is 12.0. The Kier molecular flexibility index (Phi) is 4.38. The van der Waals surface area contributed by atoms with E-state index in [1.54, 1.807) is 0 Å². The van der Waals surface area contributed by atoms with Crippen LogP contribution in [0.15, 0.2) is 23.1 Å². The molecule has 0 spiro atoms. The third-order valence-electron chi connectivity index (χ3n) is 2.52. The van der Waals surface area contributed by atoms with Crippen molar-refractivity contribution >= 4 is 28.6 Å². The molecular formula is C9H10BClN4O4S. The molecule has 2 aromatic rings. The van der Waals surface area contributed by atoms with Crippen molar-refractivity contribution in [2.75, 3.05) is 5.75 Å². The van der Waals surface area contributed by atoms with Crippen LogP contribution < -0.4 is 0 Å². The summed E-state index contributed by atoms with van der Waals surface area (Å²) in [6, 6.07) is 4.24. The van der Waals surface area contributed by atoms with E-state index in [1.807, 2.05) is 0 Å². The van der Waals surface area contributed by atoms with E-state index in [1.165, 1.54) is 18.2 Å². The summed E-state index contributed by atoms with van der Waals surface area (Å²) >= 11 is 5.96. The van der Waals surface area contributed by atoms with Crippen LogP contribution in [0, 0.1) is 0 Å². The molecule has 8 nitrogen and oxygen atoms in total. The highest BCUT2D eigenvalue weighted by Gasteiger charge is 2.21. The predicted molar refractivity (Wildman–Crippen MR) is 71.7 cm³/mol. The third kappa shape index (κ3) is 3.34. The molecule has 1 aromatic heterocycles. The molecule has 1 heterocycles. The number of hydrogen-bond donors (Lipinski definition) is 3. The molecule has 0 aliphatic carbocycles. The van der Waals surface area contributed by atoms with Crippen molar-refractivity contribution in [3.63, 3.8) is 0 Å². The number of aromatic nitrogens is 4.